The Bertz CT molecular complexity index is 1230. The maximum absolute atomic E-state index is 14.4. The largest absolute Gasteiger partial charge is 0.454 e. The van der Waals surface area contributed by atoms with Crippen molar-refractivity contribution in [2.45, 2.75) is 18.7 Å². The first-order chi connectivity index (χ1) is 14.5. The van der Waals surface area contributed by atoms with Gasteiger partial charge in [0.15, 0.2) is 11.6 Å². The number of H-pyrrole nitrogens is 1. The molecule has 0 saturated carbocycles. The number of pyridine rings is 1. The molecule has 30 heavy (non-hydrogen) atoms. The fourth-order valence-electron chi connectivity index (χ4n) is 3.47. The lowest BCUT2D eigenvalue weighted by Gasteiger charge is -2.15. The van der Waals surface area contributed by atoms with Crippen molar-refractivity contribution in [1.29, 1.82) is 0 Å². The SMILES string of the molecule is CCSc1ccc(Oc2ccc(Cl)cc2F)c(-c2cc(C)[n+](OC)c3[nH]ccc23)c1. The van der Waals surface area contributed by atoms with E-state index in [0.717, 1.165) is 38.5 Å². The lowest BCUT2D eigenvalue weighted by molar-refractivity contribution is -0.870. The van der Waals surface area contributed by atoms with Gasteiger partial charge in [-0.2, -0.15) is 0 Å². The van der Waals surface area contributed by atoms with Crippen LogP contribution in [-0.2, 0) is 0 Å². The van der Waals surface area contributed by atoms with Crippen molar-refractivity contribution in [1.82, 2.24) is 4.98 Å². The van der Waals surface area contributed by atoms with Gasteiger partial charge in [-0.1, -0.05) is 18.5 Å². The molecule has 0 fully saturated rings. The van der Waals surface area contributed by atoms with Crippen LogP contribution in [-0.4, -0.2) is 17.8 Å². The fourth-order valence-corrected chi connectivity index (χ4v) is 4.32. The number of aromatic amines is 1. The molecular weight excluding hydrogens is 423 g/mol. The van der Waals surface area contributed by atoms with E-state index in [1.54, 1.807) is 29.7 Å². The standard InChI is InChI=1S/C23H20ClFN2O2S/c1-4-30-16-6-8-21(29-22-7-5-15(24)12-20(22)25)19(13-16)18-11-14(2)27(28-3)23-17(18)9-10-26-23/h5-13H,4H2,1-3H3/p+1. The monoisotopic (exact) mass is 443 g/mol. The number of thioether (sulfide) groups is 1. The van der Waals surface area contributed by atoms with Crippen molar-refractivity contribution in [3.63, 3.8) is 0 Å². The molecule has 0 spiro atoms. The van der Waals surface area contributed by atoms with E-state index in [4.69, 9.17) is 21.2 Å². The molecule has 154 valence electrons. The van der Waals surface area contributed by atoms with Gasteiger partial charge in [-0.15, -0.1) is 11.8 Å². The van der Waals surface area contributed by atoms with Crippen LogP contribution in [0.25, 0.3) is 22.2 Å². The number of hydrogen-bond donors (Lipinski definition) is 1. The summed E-state index contributed by atoms with van der Waals surface area (Å²) in [5, 5.41) is 1.30. The predicted molar refractivity (Wildman–Crippen MR) is 119 cm³/mol. The highest BCUT2D eigenvalue weighted by atomic mass is 35.5. The number of nitrogens with one attached hydrogen (secondary N) is 1. The summed E-state index contributed by atoms with van der Waals surface area (Å²) in [5.41, 5.74) is 3.60. The highest BCUT2D eigenvalue weighted by Crippen LogP contribution is 2.40. The predicted octanol–water partition coefficient (Wildman–Crippen LogP) is 6.19. The highest BCUT2D eigenvalue weighted by Gasteiger charge is 2.21. The van der Waals surface area contributed by atoms with Crippen molar-refractivity contribution in [2.75, 3.05) is 12.9 Å². The zero-order valence-electron chi connectivity index (χ0n) is 16.8. The lowest BCUT2D eigenvalue weighted by atomic mass is 10.0. The summed E-state index contributed by atoms with van der Waals surface area (Å²) < 4.78 is 22.2. The van der Waals surface area contributed by atoms with Crippen molar-refractivity contribution < 1.29 is 18.7 Å². The summed E-state index contributed by atoms with van der Waals surface area (Å²) in [6.45, 7) is 4.08. The van der Waals surface area contributed by atoms with Crippen LogP contribution in [0.3, 0.4) is 0 Å². The Labute approximate surface area is 183 Å². The average Bonchev–Trinajstić information content (AvgIpc) is 3.20. The van der Waals surface area contributed by atoms with Crippen LogP contribution in [0.1, 0.15) is 12.6 Å². The molecule has 0 radical (unpaired) electrons. The van der Waals surface area contributed by atoms with Gasteiger partial charge in [0.25, 0.3) is 0 Å². The molecule has 0 unspecified atom stereocenters. The Balaban J connectivity index is 1.91. The third-order valence-electron chi connectivity index (χ3n) is 4.74. The molecule has 7 heteroatoms. The topological polar surface area (TPSA) is 38.1 Å². The van der Waals surface area contributed by atoms with Crippen molar-refractivity contribution >= 4 is 34.4 Å². The van der Waals surface area contributed by atoms with E-state index in [-0.39, 0.29) is 5.75 Å². The van der Waals surface area contributed by atoms with Gasteiger partial charge in [-0.3, -0.25) is 0 Å². The van der Waals surface area contributed by atoms with Crippen LogP contribution in [0.5, 0.6) is 11.5 Å². The van der Waals surface area contributed by atoms with Crippen LogP contribution < -0.4 is 14.3 Å². The number of ether oxygens (including phenoxy) is 1. The summed E-state index contributed by atoms with van der Waals surface area (Å²) in [4.78, 5) is 9.85. The first kappa shape index (κ1) is 20.6. The molecule has 1 N–H and O–H groups in total. The summed E-state index contributed by atoms with van der Waals surface area (Å²) in [7, 11) is 1.63. The van der Waals surface area contributed by atoms with E-state index in [1.165, 1.54) is 12.1 Å². The molecule has 4 nitrogen and oxygen atoms in total. The number of rotatable bonds is 6. The van der Waals surface area contributed by atoms with Crippen molar-refractivity contribution in [3.8, 4) is 22.6 Å². The average molecular weight is 444 g/mol. The lowest BCUT2D eigenvalue weighted by Crippen LogP contribution is -2.44. The van der Waals surface area contributed by atoms with E-state index in [9.17, 15) is 4.39 Å². The number of nitrogens with zero attached hydrogens (tertiary/aromatic N) is 1. The molecule has 0 aliphatic rings. The minimum Gasteiger partial charge on any atom is -0.454 e. The van der Waals surface area contributed by atoms with Crippen LogP contribution in [0, 0.1) is 12.7 Å². The van der Waals surface area contributed by atoms with Crippen LogP contribution >= 0.6 is 23.4 Å². The van der Waals surface area contributed by atoms with E-state index in [2.05, 4.69) is 18.0 Å². The van der Waals surface area contributed by atoms with Crippen LogP contribution in [0.4, 0.5) is 4.39 Å². The second-order valence-corrected chi connectivity index (χ2v) is 8.46. The van der Waals surface area contributed by atoms with Crippen LogP contribution in [0.15, 0.2) is 59.6 Å². The summed E-state index contributed by atoms with van der Waals surface area (Å²) in [6, 6.07) is 14.4. The molecule has 2 aromatic carbocycles. The number of fused-ring (bicyclic) bond motifs is 1. The highest BCUT2D eigenvalue weighted by molar-refractivity contribution is 7.99. The molecule has 0 amide bonds. The Morgan fingerprint density at radius 2 is 1.87 bits per heavy atom. The summed E-state index contributed by atoms with van der Waals surface area (Å²) in [6.07, 6.45) is 1.87. The minimum atomic E-state index is -0.506. The second-order valence-electron chi connectivity index (χ2n) is 6.68. The number of aryl methyl sites for hydroxylation is 1. The maximum Gasteiger partial charge on any atom is 0.326 e. The van der Waals surface area contributed by atoms with Gasteiger partial charge in [0.2, 0.25) is 0 Å². The van der Waals surface area contributed by atoms with Crippen molar-refractivity contribution in [2.24, 2.45) is 0 Å². The number of aromatic nitrogens is 2. The Morgan fingerprint density at radius 3 is 2.60 bits per heavy atom. The Morgan fingerprint density at radius 1 is 1.07 bits per heavy atom. The molecular formula is C23H21ClFN2O2S+. The number of hydrogen-bond acceptors (Lipinski definition) is 3. The second kappa shape index (κ2) is 8.58. The summed E-state index contributed by atoms with van der Waals surface area (Å²) >= 11 is 7.62. The third kappa shape index (κ3) is 3.85. The molecule has 0 bridgehead atoms. The summed E-state index contributed by atoms with van der Waals surface area (Å²) in [5.74, 6) is 1.13. The Kier molecular flexibility index (Phi) is 5.88. The molecule has 0 aliphatic carbocycles. The normalized spacial score (nSPS) is 11.1. The Hall–Kier alpha value is -2.70. The van der Waals surface area contributed by atoms with Gasteiger partial charge in [-0.05, 0) is 59.0 Å². The molecule has 0 saturated heterocycles. The van der Waals surface area contributed by atoms with E-state index in [0.29, 0.717) is 10.8 Å². The molecule has 4 rings (SSSR count). The molecule has 0 aliphatic heterocycles. The fraction of sp³-hybridized carbons (Fsp3) is 0.174. The van der Waals surface area contributed by atoms with E-state index < -0.39 is 5.82 Å². The minimum absolute atomic E-state index is 0.126. The number of benzene rings is 2. The van der Waals surface area contributed by atoms with E-state index in [1.807, 2.05) is 37.4 Å². The molecule has 4 aromatic rings. The molecule has 2 heterocycles. The first-order valence-electron chi connectivity index (χ1n) is 9.49. The van der Waals surface area contributed by atoms with Gasteiger partial charge in [-0.25, -0.2) is 9.37 Å². The zero-order chi connectivity index (χ0) is 21.3. The smallest absolute Gasteiger partial charge is 0.326 e. The van der Waals surface area contributed by atoms with Gasteiger partial charge < -0.3 is 9.57 Å². The zero-order valence-corrected chi connectivity index (χ0v) is 18.4. The van der Waals surface area contributed by atoms with Gasteiger partial charge in [0, 0.05) is 28.0 Å². The van der Waals surface area contributed by atoms with Gasteiger partial charge in [0.05, 0.1) is 11.6 Å². The van der Waals surface area contributed by atoms with Crippen molar-refractivity contribution in [3.05, 3.63) is 71.3 Å². The third-order valence-corrected chi connectivity index (χ3v) is 5.85. The van der Waals surface area contributed by atoms with Crippen LogP contribution in [0.2, 0.25) is 5.02 Å². The van der Waals surface area contributed by atoms with Gasteiger partial charge in [0.1, 0.15) is 18.6 Å². The van der Waals surface area contributed by atoms with E-state index >= 15 is 0 Å². The molecule has 2 aromatic heterocycles. The molecule has 0 atom stereocenters. The quantitative estimate of drug-likeness (QED) is 0.285. The van der Waals surface area contributed by atoms with Gasteiger partial charge >= 0.3 is 5.65 Å². The number of halogens is 2. The maximum atomic E-state index is 14.4. The first-order valence-corrected chi connectivity index (χ1v) is 10.9.